The van der Waals surface area contributed by atoms with E-state index in [0.29, 0.717) is 0 Å². The van der Waals surface area contributed by atoms with E-state index in [2.05, 4.69) is 26.6 Å². The van der Waals surface area contributed by atoms with Crippen molar-refractivity contribution >= 4 is 29.5 Å². The molecular formula is C30H39N5O6. The normalized spacial score (nSPS) is 23.7. The van der Waals surface area contributed by atoms with E-state index in [0.717, 1.165) is 11.1 Å². The van der Waals surface area contributed by atoms with E-state index in [1.165, 1.54) is 6.92 Å². The molecule has 220 valence electrons. The van der Waals surface area contributed by atoms with Gasteiger partial charge in [0.2, 0.25) is 29.5 Å². The highest BCUT2D eigenvalue weighted by Crippen LogP contribution is 2.10. The molecule has 2 aromatic carbocycles. The molecule has 5 atom stereocenters. The molecule has 0 unspecified atom stereocenters. The number of carbonyl (C=O) groups excluding carboxylic acids is 5. The fourth-order valence-corrected chi connectivity index (χ4v) is 4.55. The van der Waals surface area contributed by atoms with E-state index in [4.69, 9.17) is 0 Å². The molecule has 1 aliphatic heterocycles. The molecule has 0 spiro atoms. The lowest BCUT2D eigenvalue weighted by Crippen LogP contribution is -2.59. The Kier molecular flexibility index (Phi) is 11.4. The maximum absolute atomic E-state index is 13.6. The van der Waals surface area contributed by atoms with Crippen molar-refractivity contribution in [3.63, 3.8) is 0 Å². The smallest absolute Gasteiger partial charge is 0.245 e. The molecule has 1 heterocycles. The number of nitrogens with one attached hydrogen (secondary N) is 5. The van der Waals surface area contributed by atoms with Crippen molar-refractivity contribution in [1.82, 2.24) is 26.6 Å². The lowest BCUT2D eigenvalue weighted by atomic mass is 10.00. The lowest BCUT2D eigenvalue weighted by Gasteiger charge is -2.27. The van der Waals surface area contributed by atoms with Gasteiger partial charge in [0.15, 0.2) is 0 Å². The molecule has 0 aromatic heterocycles. The quantitative estimate of drug-likeness (QED) is 0.276. The molecule has 6 N–H and O–H groups in total. The van der Waals surface area contributed by atoms with Crippen LogP contribution >= 0.6 is 0 Å². The van der Waals surface area contributed by atoms with Gasteiger partial charge in [-0.05, 0) is 30.4 Å². The fraction of sp³-hybridized carbons (Fsp3) is 0.433. The Morgan fingerprint density at radius 1 is 0.659 bits per heavy atom. The van der Waals surface area contributed by atoms with Crippen LogP contribution in [0.5, 0.6) is 0 Å². The predicted molar refractivity (Wildman–Crippen MR) is 152 cm³/mol. The summed E-state index contributed by atoms with van der Waals surface area (Å²) in [5, 5.41) is 23.3. The summed E-state index contributed by atoms with van der Waals surface area (Å²) in [4.78, 5) is 66.1. The minimum Gasteiger partial charge on any atom is -0.391 e. The number of carbonyl (C=O) groups is 5. The van der Waals surface area contributed by atoms with Crippen LogP contribution in [0.25, 0.3) is 0 Å². The second kappa shape index (κ2) is 14.9. The van der Waals surface area contributed by atoms with Gasteiger partial charge in [-0.3, -0.25) is 24.0 Å². The van der Waals surface area contributed by atoms with Crippen molar-refractivity contribution in [3.8, 4) is 0 Å². The zero-order valence-corrected chi connectivity index (χ0v) is 23.6. The summed E-state index contributed by atoms with van der Waals surface area (Å²) in [6.07, 6.45) is -0.767. The van der Waals surface area contributed by atoms with Crippen LogP contribution in [-0.4, -0.2) is 71.5 Å². The van der Waals surface area contributed by atoms with Crippen molar-refractivity contribution in [1.29, 1.82) is 0 Å². The van der Waals surface area contributed by atoms with Gasteiger partial charge in [0.05, 0.1) is 12.6 Å². The van der Waals surface area contributed by atoms with Crippen LogP contribution in [0.2, 0.25) is 0 Å². The van der Waals surface area contributed by atoms with Crippen LogP contribution in [0.3, 0.4) is 0 Å². The van der Waals surface area contributed by atoms with E-state index in [1.54, 1.807) is 0 Å². The third kappa shape index (κ3) is 9.71. The molecule has 0 aliphatic carbocycles. The number of benzene rings is 2. The third-order valence-electron chi connectivity index (χ3n) is 6.68. The van der Waals surface area contributed by atoms with Crippen molar-refractivity contribution in [3.05, 3.63) is 71.8 Å². The first kappa shape index (κ1) is 31.3. The molecule has 0 radical (unpaired) electrons. The molecule has 0 bridgehead atoms. The average Bonchev–Trinajstić information content (AvgIpc) is 2.93. The molecule has 1 saturated heterocycles. The van der Waals surface area contributed by atoms with E-state index in [-0.39, 0.29) is 25.2 Å². The van der Waals surface area contributed by atoms with Crippen LogP contribution in [0.1, 0.15) is 38.3 Å². The van der Waals surface area contributed by atoms with Crippen molar-refractivity contribution < 1.29 is 29.1 Å². The van der Waals surface area contributed by atoms with Gasteiger partial charge >= 0.3 is 0 Å². The summed E-state index contributed by atoms with van der Waals surface area (Å²) in [6.45, 7) is 4.60. The molecule has 1 fully saturated rings. The summed E-state index contributed by atoms with van der Waals surface area (Å²) in [6, 6.07) is 13.6. The number of hydrogen-bond acceptors (Lipinski definition) is 6. The zero-order chi connectivity index (χ0) is 29.9. The Morgan fingerprint density at radius 2 is 1.12 bits per heavy atom. The van der Waals surface area contributed by atoms with Gasteiger partial charge in [0.25, 0.3) is 0 Å². The molecular weight excluding hydrogens is 526 g/mol. The second-order valence-electron chi connectivity index (χ2n) is 10.7. The first-order valence-corrected chi connectivity index (χ1v) is 13.8. The number of amides is 5. The zero-order valence-electron chi connectivity index (χ0n) is 23.6. The van der Waals surface area contributed by atoms with Gasteiger partial charge in [-0.1, -0.05) is 74.5 Å². The predicted octanol–water partition coefficient (Wildman–Crippen LogP) is -0.0323. The maximum atomic E-state index is 13.6. The lowest BCUT2D eigenvalue weighted by molar-refractivity contribution is -0.135. The first-order chi connectivity index (χ1) is 19.5. The highest BCUT2D eigenvalue weighted by molar-refractivity contribution is 5.97. The Hall–Kier alpha value is -4.25. The standard InChI is InChI=1S/C30H39N5O6/c1-18(2)14-22-29(40)35-26(19(3)36)30(41)31-17-25(37)32-23(15-20-10-6-4-7-11-20)27(38)34-24(28(39)33-22)16-21-12-8-5-9-13-21/h4-13,18-19,22-24,26,36H,14-17H2,1-3H3,(H,31,41)(H,32,37)(H,33,39)(H,34,38)(H,35,40)/t19-,22-,23+,24-,26+/m1/s1. The van der Waals surface area contributed by atoms with Crippen molar-refractivity contribution in [2.75, 3.05) is 6.54 Å². The molecule has 11 nitrogen and oxygen atoms in total. The number of rotatable bonds is 7. The topological polar surface area (TPSA) is 166 Å². The SMILES string of the molecule is CC(C)C[C@H]1NC(=O)[C@@H](Cc2ccccc2)NC(=O)[C@H](Cc2ccccc2)NC(=O)CNC(=O)[C@H]([C@@H](C)O)NC1=O. The summed E-state index contributed by atoms with van der Waals surface area (Å²) >= 11 is 0. The molecule has 2 aromatic rings. The Balaban J connectivity index is 1.99. The van der Waals surface area contributed by atoms with Gasteiger partial charge < -0.3 is 31.7 Å². The fourth-order valence-electron chi connectivity index (χ4n) is 4.55. The van der Waals surface area contributed by atoms with Crippen LogP contribution < -0.4 is 26.6 Å². The number of aliphatic hydroxyl groups is 1. The van der Waals surface area contributed by atoms with Crippen molar-refractivity contribution in [2.45, 2.75) is 70.3 Å². The summed E-state index contributed by atoms with van der Waals surface area (Å²) in [5.74, 6) is -3.29. The average molecular weight is 566 g/mol. The van der Waals surface area contributed by atoms with E-state index in [9.17, 15) is 29.1 Å². The Bertz CT molecular complexity index is 1200. The Labute approximate surface area is 239 Å². The largest absolute Gasteiger partial charge is 0.391 e. The summed E-state index contributed by atoms with van der Waals surface area (Å²) < 4.78 is 0. The molecule has 1 aliphatic rings. The van der Waals surface area contributed by atoms with Gasteiger partial charge in [0.1, 0.15) is 24.2 Å². The molecule has 0 saturated carbocycles. The minimum absolute atomic E-state index is 0.00815. The van der Waals surface area contributed by atoms with E-state index in [1.807, 2.05) is 74.5 Å². The highest BCUT2D eigenvalue weighted by Gasteiger charge is 2.34. The van der Waals surface area contributed by atoms with E-state index >= 15 is 0 Å². The van der Waals surface area contributed by atoms with Gasteiger partial charge in [-0.15, -0.1) is 0 Å². The molecule has 11 heteroatoms. The van der Waals surface area contributed by atoms with Crippen LogP contribution in [-0.2, 0) is 36.8 Å². The maximum Gasteiger partial charge on any atom is 0.245 e. The molecule has 3 rings (SSSR count). The summed E-state index contributed by atoms with van der Waals surface area (Å²) in [5.41, 5.74) is 1.56. The Morgan fingerprint density at radius 3 is 1.61 bits per heavy atom. The number of hydrogen-bond donors (Lipinski definition) is 6. The van der Waals surface area contributed by atoms with Gasteiger partial charge in [0, 0.05) is 12.8 Å². The third-order valence-corrected chi connectivity index (χ3v) is 6.68. The van der Waals surface area contributed by atoms with Gasteiger partial charge in [-0.2, -0.15) is 0 Å². The monoisotopic (exact) mass is 565 g/mol. The number of aliphatic hydroxyl groups excluding tert-OH is 1. The molecule has 41 heavy (non-hydrogen) atoms. The van der Waals surface area contributed by atoms with Crippen molar-refractivity contribution in [2.24, 2.45) is 5.92 Å². The highest BCUT2D eigenvalue weighted by atomic mass is 16.3. The first-order valence-electron chi connectivity index (χ1n) is 13.8. The van der Waals surface area contributed by atoms with Crippen LogP contribution in [0.15, 0.2) is 60.7 Å². The van der Waals surface area contributed by atoms with Gasteiger partial charge in [-0.25, -0.2) is 0 Å². The summed E-state index contributed by atoms with van der Waals surface area (Å²) in [7, 11) is 0. The second-order valence-corrected chi connectivity index (χ2v) is 10.7. The van der Waals surface area contributed by atoms with Crippen LogP contribution in [0.4, 0.5) is 0 Å². The van der Waals surface area contributed by atoms with Crippen LogP contribution in [0, 0.1) is 5.92 Å². The minimum atomic E-state index is -1.37. The van der Waals surface area contributed by atoms with E-state index < -0.39 is 66.4 Å². The molecule has 5 amide bonds.